The summed E-state index contributed by atoms with van der Waals surface area (Å²) in [5.74, 6) is 2.46. The van der Waals surface area contributed by atoms with Crippen LogP contribution >= 0.6 is 34.8 Å². The van der Waals surface area contributed by atoms with Crippen LogP contribution in [0.1, 0.15) is 74.2 Å². The van der Waals surface area contributed by atoms with Crippen LogP contribution in [0.2, 0.25) is 15.1 Å². The first-order chi connectivity index (χ1) is 20.6. The van der Waals surface area contributed by atoms with Crippen molar-refractivity contribution in [2.45, 2.75) is 75.5 Å². The molecule has 1 atom stereocenters. The lowest BCUT2D eigenvalue weighted by atomic mass is 9.60. The van der Waals surface area contributed by atoms with Crippen molar-refractivity contribution >= 4 is 52.1 Å². The second kappa shape index (κ2) is 12.6. The summed E-state index contributed by atoms with van der Waals surface area (Å²) in [6.45, 7) is 0.200. The Balaban J connectivity index is 1.07. The molecule has 1 aromatic heterocycles. The number of nitrogens with zero attached hydrogens (tertiary/aromatic N) is 1. The number of nitrogens with one attached hydrogen (secondary N) is 2. The minimum absolute atomic E-state index is 0.0309. The molecule has 3 saturated carbocycles. The van der Waals surface area contributed by atoms with Crippen LogP contribution < -0.4 is 14.8 Å². The summed E-state index contributed by atoms with van der Waals surface area (Å²) in [5.41, 5.74) is 1.69. The van der Waals surface area contributed by atoms with Crippen molar-refractivity contribution < 1.29 is 27.9 Å². The maximum Gasteiger partial charge on any atom is 0.328 e. The fourth-order valence-electron chi connectivity index (χ4n) is 6.56. The molecule has 0 radical (unpaired) electrons. The highest BCUT2D eigenvalue weighted by atomic mass is 35.5. The Bertz CT molecular complexity index is 1510. The molecule has 6 rings (SSSR count). The summed E-state index contributed by atoms with van der Waals surface area (Å²) in [7, 11) is 0. The normalized spacial score (nSPS) is 25.9. The first-order valence-electron chi connectivity index (χ1n) is 14.4. The van der Waals surface area contributed by atoms with Gasteiger partial charge in [-0.3, -0.25) is 4.55 Å². The van der Waals surface area contributed by atoms with Crippen LogP contribution in [0.5, 0.6) is 5.75 Å². The summed E-state index contributed by atoms with van der Waals surface area (Å²) < 4.78 is 33.4. The molecular weight excluding hydrogens is 637 g/mol. The van der Waals surface area contributed by atoms with Crippen LogP contribution in [0.15, 0.2) is 40.9 Å². The van der Waals surface area contributed by atoms with Gasteiger partial charge in [0.1, 0.15) is 23.8 Å². The second-order valence-corrected chi connectivity index (χ2v) is 13.7. The number of benzene rings is 2. The highest BCUT2D eigenvalue weighted by molar-refractivity contribution is 7.77. The van der Waals surface area contributed by atoms with Gasteiger partial charge in [0.15, 0.2) is 0 Å². The van der Waals surface area contributed by atoms with Crippen LogP contribution in [0.4, 0.5) is 4.79 Å². The third-order valence-corrected chi connectivity index (χ3v) is 10.2. The van der Waals surface area contributed by atoms with Crippen molar-refractivity contribution in [1.29, 1.82) is 0 Å². The Kier molecular flexibility index (Phi) is 8.97. The van der Waals surface area contributed by atoms with Gasteiger partial charge in [0.2, 0.25) is 0 Å². The number of amides is 2. The van der Waals surface area contributed by atoms with Gasteiger partial charge in [-0.05, 0) is 87.5 Å². The Labute approximate surface area is 267 Å². The lowest BCUT2D eigenvalue weighted by Crippen LogP contribution is -2.47. The van der Waals surface area contributed by atoms with Crippen molar-refractivity contribution in [3.8, 4) is 17.0 Å². The molecule has 3 aliphatic carbocycles. The number of ether oxygens (including phenoxy) is 1. The summed E-state index contributed by atoms with van der Waals surface area (Å²) in [4.78, 5) is 11.7. The molecule has 3 aliphatic rings. The quantitative estimate of drug-likeness (QED) is 0.175. The van der Waals surface area contributed by atoms with Gasteiger partial charge in [-0.15, -0.1) is 0 Å². The zero-order valence-corrected chi connectivity index (χ0v) is 26.2. The Hall–Kier alpha value is -2.34. The van der Waals surface area contributed by atoms with Crippen molar-refractivity contribution in [3.05, 3.63) is 68.4 Å². The van der Waals surface area contributed by atoms with E-state index in [2.05, 4.69) is 10.5 Å². The largest absolute Gasteiger partial charge is 0.489 e. The number of hydrogen-bond donors (Lipinski definition) is 4. The molecule has 13 heteroatoms. The second-order valence-electron chi connectivity index (χ2n) is 11.8. The van der Waals surface area contributed by atoms with Gasteiger partial charge in [0.25, 0.3) is 11.3 Å². The minimum atomic E-state index is -2.38. The predicted octanol–water partition coefficient (Wildman–Crippen LogP) is 7.35. The van der Waals surface area contributed by atoms with E-state index in [1.165, 1.54) is 0 Å². The van der Waals surface area contributed by atoms with E-state index in [4.69, 9.17) is 48.6 Å². The number of rotatable bonds is 9. The molecule has 2 amide bonds. The maximum absolute atomic E-state index is 11.7. The van der Waals surface area contributed by atoms with E-state index < -0.39 is 22.9 Å². The highest BCUT2D eigenvalue weighted by Crippen LogP contribution is 2.53. The molecule has 0 saturated heterocycles. The molecule has 4 N–H and O–H groups in total. The molecule has 1 heterocycles. The molecule has 3 fully saturated rings. The Morgan fingerprint density at radius 1 is 1.02 bits per heavy atom. The predicted molar refractivity (Wildman–Crippen MR) is 165 cm³/mol. The van der Waals surface area contributed by atoms with E-state index in [9.17, 15) is 14.1 Å². The average molecular weight is 669 g/mol. The summed E-state index contributed by atoms with van der Waals surface area (Å²) in [6, 6.07) is 10.0. The number of urea groups is 1. The summed E-state index contributed by atoms with van der Waals surface area (Å²) in [5, 5.41) is 19.9. The van der Waals surface area contributed by atoms with Crippen LogP contribution in [0.3, 0.4) is 0 Å². The first kappa shape index (κ1) is 30.7. The third-order valence-electron chi connectivity index (χ3n) is 8.94. The SMILES string of the molecule is O=C(NC1CCC(C2CC(O)(c3ccc(OCc4c(-c5c(Cl)cccc5Cl)noc4C4CC4)cc3Cl)C2)CC1)NS(=O)O. The lowest BCUT2D eigenvalue weighted by Gasteiger charge is -2.49. The number of hydrogen-bond acceptors (Lipinski definition) is 6. The van der Waals surface area contributed by atoms with Crippen LogP contribution in [0, 0.1) is 11.8 Å². The van der Waals surface area contributed by atoms with Gasteiger partial charge in [-0.25, -0.2) is 13.7 Å². The van der Waals surface area contributed by atoms with E-state index >= 15 is 0 Å². The first-order valence-corrected chi connectivity index (χ1v) is 16.6. The van der Waals surface area contributed by atoms with Crippen molar-refractivity contribution in [3.63, 3.8) is 0 Å². The monoisotopic (exact) mass is 667 g/mol. The van der Waals surface area contributed by atoms with Crippen molar-refractivity contribution in [2.24, 2.45) is 11.8 Å². The lowest BCUT2D eigenvalue weighted by molar-refractivity contribution is -0.102. The van der Waals surface area contributed by atoms with Crippen LogP contribution in [-0.4, -0.2) is 31.1 Å². The Morgan fingerprint density at radius 3 is 2.35 bits per heavy atom. The highest BCUT2D eigenvalue weighted by Gasteiger charge is 2.48. The van der Waals surface area contributed by atoms with Gasteiger partial charge in [0, 0.05) is 23.1 Å². The number of aliphatic hydroxyl groups is 1. The molecule has 1 unspecified atom stereocenters. The fourth-order valence-corrected chi connectivity index (χ4v) is 7.70. The third kappa shape index (κ3) is 6.70. The zero-order valence-electron chi connectivity index (χ0n) is 23.2. The van der Waals surface area contributed by atoms with E-state index in [0.29, 0.717) is 68.2 Å². The van der Waals surface area contributed by atoms with Crippen molar-refractivity contribution in [1.82, 2.24) is 15.2 Å². The number of carbonyl (C=O) groups excluding carboxylic acids is 1. The van der Waals surface area contributed by atoms with Gasteiger partial charge < -0.3 is 19.7 Å². The number of halogens is 3. The summed E-state index contributed by atoms with van der Waals surface area (Å²) >= 11 is 17.3. The number of aromatic nitrogens is 1. The van der Waals surface area contributed by atoms with Crippen molar-refractivity contribution in [2.75, 3.05) is 0 Å². The van der Waals surface area contributed by atoms with E-state index in [0.717, 1.165) is 49.8 Å². The molecule has 0 bridgehead atoms. The molecule has 9 nitrogen and oxygen atoms in total. The van der Waals surface area contributed by atoms with Crippen LogP contribution in [-0.2, 0) is 23.5 Å². The van der Waals surface area contributed by atoms with E-state index in [1.54, 1.807) is 24.3 Å². The van der Waals surface area contributed by atoms with Gasteiger partial charge in [-0.1, -0.05) is 52.1 Å². The van der Waals surface area contributed by atoms with E-state index in [1.807, 2.05) is 16.9 Å². The molecule has 43 heavy (non-hydrogen) atoms. The standard InChI is InChI=1S/C30H32Cl3N3O6S/c31-23-2-1-3-24(32)26(23)27-21(28(42-35-27)17-4-5-17)15-41-20-10-11-22(25(33)12-20)30(38)13-18(14-30)16-6-8-19(9-7-16)34-29(37)36-43(39)40/h1-3,10-12,16-19,38H,4-9,13-15H2,(H,39,40)(H2,34,36,37). The topological polar surface area (TPSA) is 134 Å². The minimum Gasteiger partial charge on any atom is -0.489 e. The van der Waals surface area contributed by atoms with Gasteiger partial charge >= 0.3 is 6.03 Å². The Morgan fingerprint density at radius 2 is 1.72 bits per heavy atom. The molecule has 3 aromatic rings. The average Bonchev–Trinajstić information content (AvgIpc) is 3.70. The molecule has 2 aromatic carbocycles. The number of carbonyl (C=O) groups is 1. The fraction of sp³-hybridized carbons (Fsp3) is 0.467. The maximum atomic E-state index is 11.7. The van der Waals surface area contributed by atoms with E-state index in [-0.39, 0.29) is 12.6 Å². The molecular formula is C30H32Cl3N3O6S. The molecule has 0 spiro atoms. The molecule has 0 aliphatic heterocycles. The van der Waals surface area contributed by atoms with Gasteiger partial charge in [-0.2, -0.15) is 0 Å². The van der Waals surface area contributed by atoms with Crippen LogP contribution in [0.25, 0.3) is 11.3 Å². The smallest absolute Gasteiger partial charge is 0.328 e. The summed E-state index contributed by atoms with van der Waals surface area (Å²) in [6.07, 6.45) is 6.71. The zero-order chi connectivity index (χ0) is 30.3. The molecule has 230 valence electrons. The van der Waals surface area contributed by atoms with Gasteiger partial charge in [0.05, 0.1) is 26.2 Å².